The van der Waals surface area contributed by atoms with Crippen LogP contribution in [0.25, 0.3) is 0 Å². The molecule has 0 fully saturated rings. The minimum Gasteiger partial charge on any atom is -0.463 e. The number of aryl methyl sites for hydroxylation is 1. The van der Waals surface area contributed by atoms with E-state index in [1.165, 1.54) is 19.3 Å². The second-order valence-electron chi connectivity index (χ2n) is 3.89. The van der Waals surface area contributed by atoms with Gasteiger partial charge >= 0.3 is 0 Å². The number of furan rings is 1. The quantitative estimate of drug-likeness (QED) is 0.420. The lowest BCUT2D eigenvalue weighted by molar-refractivity contribution is -0.287. The van der Waals surface area contributed by atoms with E-state index < -0.39 is 0 Å². The summed E-state index contributed by atoms with van der Waals surface area (Å²) >= 11 is 0. The normalized spacial score (nSPS) is 13.0. The maximum atomic E-state index is 8.79. The molecule has 0 aromatic carbocycles. The van der Waals surface area contributed by atoms with Gasteiger partial charge in [0, 0.05) is 0 Å². The van der Waals surface area contributed by atoms with E-state index in [4.69, 9.17) is 9.67 Å². The summed E-state index contributed by atoms with van der Waals surface area (Å²) in [6.45, 7) is 4.06. The summed E-state index contributed by atoms with van der Waals surface area (Å²) in [5.74, 6) is 1.56. The van der Waals surface area contributed by atoms with Crippen molar-refractivity contribution in [1.82, 2.24) is 0 Å². The molecule has 0 aliphatic heterocycles. The molecule has 1 aromatic heterocycles. The van der Waals surface area contributed by atoms with Gasteiger partial charge in [0.2, 0.25) is 0 Å². The van der Waals surface area contributed by atoms with E-state index in [1.807, 2.05) is 19.1 Å². The van der Waals surface area contributed by atoms with Gasteiger partial charge in [0.1, 0.15) is 11.5 Å². The highest BCUT2D eigenvalue weighted by Crippen LogP contribution is 2.24. The second-order valence-corrected chi connectivity index (χ2v) is 3.89. The van der Waals surface area contributed by atoms with Gasteiger partial charge in [-0.15, -0.1) is 0 Å². The maximum Gasteiger partial charge on any atom is 0.150 e. The van der Waals surface area contributed by atoms with Gasteiger partial charge in [0.25, 0.3) is 0 Å². The molecule has 0 aliphatic rings. The summed E-state index contributed by atoms with van der Waals surface area (Å²) in [6, 6.07) is 3.74. The van der Waals surface area contributed by atoms with Crippen molar-refractivity contribution in [2.24, 2.45) is 0 Å². The van der Waals surface area contributed by atoms with E-state index >= 15 is 0 Å². The van der Waals surface area contributed by atoms with Crippen LogP contribution in [0.2, 0.25) is 0 Å². The molecule has 0 radical (unpaired) electrons. The average molecular weight is 212 g/mol. The maximum absolute atomic E-state index is 8.79. The fourth-order valence-corrected chi connectivity index (χ4v) is 1.63. The molecule has 3 heteroatoms. The highest BCUT2D eigenvalue weighted by atomic mass is 17.1. The Morgan fingerprint density at radius 1 is 1.33 bits per heavy atom. The van der Waals surface area contributed by atoms with Crippen molar-refractivity contribution < 1.29 is 14.6 Å². The standard InChI is InChI=1S/C12H20O3/c1-3-4-5-6-7-12(15-13)11-9-8-10(2)14-11/h8-9,12-13H,3-7H2,1-2H3. The van der Waals surface area contributed by atoms with E-state index in [2.05, 4.69) is 11.8 Å². The first-order valence-corrected chi connectivity index (χ1v) is 5.64. The average Bonchev–Trinajstić information content (AvgIpc) is 2.65. The molecule has 3 nitrogen and oxygen atoms in total. The molecule has 1 aromatic rings. The highest BCUT2D eigenvalue weighted by Gasteiger charge is 2.15. The molecule has 1 rings (SSSR count). The number of hydrogen-bond acceptors (Lipinski definition) is 3. The summed E-state index contributed by atoms with van der Waals surface area (Å²) in [5, 5.41) is 8.79. The molecule has 1 unspecified atom stereocenters. The molecular weight excluding hydrogens is 192 g/mol. The van der Waals surface area contributed by atoms with Crippen LogP contribution >= 0.6 is 0 Å². The highest BCUT2D eigenvalue weighted by molar-refractivity contribution is 5.08. The van der Waals surface area contributed by atoms with Crippen molar-refractivity contribution in [3.8, 4) is 0 Å². The van der Waals surface area contributed by atoms with Crippen LogP contribution in [-0.2, 0) is 4.89 Å². The largest absolute Gasteiger partial charge is 0.463 e. The molecule has 15 heavy (non-hydrogen) atoms. The third-order valence-corrected chi connectivity index (χ3v) is 2.53. The van der Waals surface area contributed by atoms with Crippen LogP contribution in [0.4, 0.5) is 0 Å². The Balaban J connectivity index is 2.35. The molecule has 0 bridgehead atoms. The van der Waals surface area contributed by atoms with Crippen molar-refractivity contribution in [1.29, 1.82) is 0 Å². The topological polar surface area (TPSA) is 42.6 Å². The van der Waals surface area contributed by atoms with Crippen LogP contribution in [0.5, 0.6) is 0 Å². The van der Waals surface area contributed by atoms with Gasteiger partial charge in [-0.2, -0.15) is 0 Å². The van der Waals surface area contributed by atoms with Gasteiger partial charge in [0.05, 0.1) is 0 Å². The smallest absolute Gasteiger partial charge is 0.150 e. The Morgan fingerprint density at radius 2 is 2.13 bits per heavy atom. The lowest BCUT2D eigenvalue weighted by atomic mass is 10.1. The predicted molar refractivity (Wildman–Crippen MR) is 58.7 cm³/mol. The summed E-state index contributed by atoms with van der Waals surface area (Å²) in [5.41, 5.74) is 0. The van der Waals surface area contributed by atoms with E-state index in [1.54, 1.807) is 0 Å². The Hall–Kier alpha value is -0.800. The monoisotopic (exact) mass is 212 g/mol. The molecule has 86 valence electrons. The zero-order chi connectivity index (χ0) is 11.1. The van der Waals surface area contributed by atoms with Gasteiger partial charge in [-0.05, 0) is 25.5 Å². The van der Waals surface area contributed by atoms with Crippen LogP contribution in [0.3, 0.4) is 0 Å². The van der Waals surface area contributed by atoms with Crippen LogP contribution in [0, 0.1) is 6.92 Å². The van der Waals surface area contributed by atoms with E-state index in [0.717, 1.165) is 18.6 Å². The molecule has 1 heterocycles. The third-order valence-electron chi connectivity index (χ3n) is 2.53. The van der Waals surface area contributed by atoms with Gasteiger partial charge in [-0.1, -0.05) is 32.6 Å². The third kappa shape index (κ3) is 4.06. The summed E-state index contributed by atoms with van der Waals surface area (Å²) in [4.78, 5) is 4.44. The lowest BCUT2D eigenvalue weighted by Gasteiger charge is -2.10. The Kier molecular flexibility index (Phi) is 5.43. The summed E-state index contributed by atoms with van der Waals surface area (Å²) in [7, 11) is 0. The van der Waals surface area contributed by atoms with Gasteiger partial charge in [0.15, 0.2) is 6.10 Å². The summed E-state index contributed by atoms with van der Waals surface area (Å²) < 4.78 is 5.41. The SMILES string of the molecule is CCCCCCC(OO)c1ccc(C)o1. The predicted octanol–water partition coefficient (Wildman–Crippen LogP) is 4.09. The van der Waals surface area contributed by atoms with Crippen molar-refractivity contribution in [2.45, 2.75) is 52.1 Å². The van der Waals surface area contributed by atoms with Crippen molar-refractivity contribution in [3.05, 3.63) is 23.7 Å². The second kappa shape index (κ2) is 6.64. The zero-order valence-electron chi connectivity index (χ0n) is 9.53. The first-order valence-electron chi connectivity index (χ1n) is 5.64. The molecule has 0 saturated heterocycles. The molecule has 0 saturated carbocycles. The molecule has 1 atom stereocenters. The van der Waals surface area contributed by atoms with E-state index in [-0.39, 0.29) is 6.10 Å². The van der Waals surface area contributed by atoms with Gasteiger partial charge in [-0.25, -0.2) is 4.89 Å². The van der Waals surface area contributed by atoms with E-state index in [9.17, 15) is 0 Å². The number of rotatable bonds is 7. The molecule has 1 N–H and O–H groups in total. The first-order chi connectivity index (χ1) is 7.27. The molecule has 0 aliphatic carbocycles. The summed E-state index contributed by atoms with van der Waals surface area (Å²) in [6.07, 6.45) is 5.17. The van der Waals surface area contributed by atoms with Crippen LogP contribution in [0.1, 0.15) is 56.7 Å². The van der Waals surface area contributed by atoms with Crippen LogP contribution in [-0.4, -0.2) is 5.26 Å². The fraction of sp³-hybridized carbons (Fsp3) is 0.667. The Labute approximate surface area is 91.0 Å². The van der Waals surface area contributed by atoms with Gasteiger partial charge in [-0.3, -0.25) is 5.26 Å². The molecular formula is C12H20O3. The van der Waals surface area contributed by atoms with Crippen molar-refractivity contribution in [2.75, 3.05) is 0 Å². The van der Waals surface area contributed by atoms with Crippen LogP contribution in [0.15, 0.2) is 16.5 Å². The Bertz CT molecular complexity index is 268. The minimum atomic E-state index is -0.310. The minimum absolute atomic E-state index is 0.310. The zero-order valence-corrected chi connectivity index (χ0v) is 9.53. The van der Waals surface area contributed by atoms with Crippen LogP contribution < -0.4 is 0 Å². The van der Waals surface area contributed by atoms with E-state index in [0.29, 0.717) is 5.76 Å². The van der Waals surface area contributed by atoms with Crippen molar-refractivity contribution >= 4 is 0 Å². The first kappa shape index (κ1) is 12.3. The lowest BCUT2D eigenvalue weighted by Crippen LogP contribution is -2.00. The fourth-order valence-electron chi connectivity index (χ4n) is 1.63. The number of hydrogen-bond donors (Lipinski definition) is 1. The Morgan fingerprint density at radius 3 is 2.67 bits per heavy atom. The molecule has 0 spiro atoms. The van der Waals surface area contributed by atoms with Crippen molar-refractivity contribution in [3.63, 3.8) is 0 Å². The van der Waals surface area contributed by atoms with Gasteiger partial charge < -0.3 is 4.42 Å². The molecule has 0 amide bonds. The number of unbranched alkanes of at least 4 members (excludes halogenated alkanes) is 3.